The summed E-state index contributed by atoms with van der Waals surface area (Å²) < 4.78 is 12.4. The van der Waals surface area contributed by atoms with Gasteiger partial charge in [-0.3, -0.25) is 77.8 Å². The summed E-state index contributed by atoms with van der Waals surface area (Å²) in [7, 11) is 3.23. The Labute approximate surface area is 870 Å². The Bertz CT molecular complexity index is 6130. The van der Waals surface area contributed by atoms with Gasteiger partial charge in [0, 0.05) is 88.2 Å². The predicted octanol–water partition coefficient (Wildman–Crippen LogP) is 2.48. The number of fused-ring (bicyclic) bond motifs is 24. The maximum Gasteiger partial charge on any atom is 0.246 e. The minimum Gasteiger partial charge on any atom is -0.504 e. The molecule has 19 atom stereocenters. The van der Waals surface area contributed by atoms with Crippen molar-refractivity contribution in [1.82, 2.24) is 84.2 Å². The summed E-state index contributed by atoms with van der Waals surface area (Å²) in [4.78, 5) is 208. The number of nitrogens with one attached hydrogen (secondary N) is 16. The van der Waals surface area contributed by atoms with Crippen LogP contribution in [-0.4, -0.2) is 252 Å². The topological polar surface area (TPSA) is 621 Å². The lowest BCUT2D eigenvalue weighted by Gasteiger charge is -2.42. The number of likely N-dealkylation sites (N-methyl/N-ethyl adjacent to an activating group) is 2. The molecule has 798 valence electrons. The minimum absolute atomic E-state index is 0.0171. The van der Waals surface area contributed by atoms with E-state index < -0.39 is 206 Å². The van der Waals surface area contributed by atoms with Crippen LogP contribution in [0.3, 0.4) is 0 Å². The number of carbonyl (C=O) groups excluding carboxylic acids is 14. The van der Waals surface area contributed by atoms with Crippen LogP contribution in [0.2, 0.25) is 0 Å². The summed E-state index contributed by atoms with van der Waals surface area (Å²) in [6.45, 7) is 6.71. The number of hydrogen-bond donors (Lipinski definition) is 23. The van der Waals surface area contributed by atoms with Gasteiger partial charge < -0.3 is 132 Å². The zero-order valence-electron chi connectivity index (χ0n) is 84.8. The molecule has 8 aliphatic heterocycles. The first-order valence-corrected chi connectivity index (χ1v) is 51.2. The lowest BCUT2D eigenvalue weighted by molar-refractivity contribution is -0.145. The number of likely N-dealkylation sites (tertiary alicyclic amines) is 2. The van der Waals surface area contributed by atoms with Gasteiger partial charge in [0.05, 0.1) is 43.1 Å². The van der Waals surface area contributed by atoms with Gasteiger partial charge in [0.2, 0.25) is 82.7 Å². The van der Waals surface area contributed by atoms with E-state index in [0.29, 0.717) is 54.4 Å². The first-order valence-electron chi connectivity index (χ1n) is 51.2. The number of phenols is 2. The maximum absolute atomic E-state index is 15.9. The predicted molar refractivity (Wildman–Crippen MR) is 558 cm³/mol. The van der Waals surface area contributed by atoms with Crippen LogP contribution in [0, 0.1) is 11.8 Å². The van der Waals surface area contributed by atoms with Crippen LogP contribution < -0.4 is 117 Å². The molecule has 2 saturated heterocycles. The van der Waals surface area contributed by atoms with Crippen LogP contribution in [0.15, 0.2) is 194 Å². The van der Waals surface area contributed by atoms with Crippen LogP contribution in [0.1, 0.15) is 161 Å². The number of aliphatic hydroxyl groups excluding tert-OH is 1. The number of phenolic OH excluding ortho intramolecular Hbond substituents is 2. The average molecular weight is 2060 g/mol. The van der Waals surface area contributed by atoms with E-state index in [1.165, 1.54) is 46.2 Å². The molecule has 0 saturated carbocycles. The first kappa shape index (κ1) is 111. The first-order chi connectivity index (χ1) is 72.1. The van der Waals surface area contributed by atoms with E-state index in [1.807, 2.05) is 76.2 Å². The summed E-state index contributed by atoms with van der Waals surface area (Å²) in [5, 5.41) is 82.0. The number of primary amides is 2. The second-order valence-corrected chi connectivity index (χ2v) is 40.1. The number of amides is 14. The molecule has 8 aromatic carbocycles. The Morgan fingerprint density at radius 3 is 1.24 bits per heavy atom. The number of carbonyl (C=O) groups is 14. The van der Waals surface area contributed by atoms with Gasteiger partial charge in [-0.2, -0.15) is 0 Å². The summed E-state index contributed by atoms with van der Waals surface area (Å²) in [5.41, 5.74) is 30.8. The van der Waals surface area contributed by atoms with Crippen molar-refractivity contribution < 1.29 is 91.9 Å². The summed E-state index contributed by atoms with van der Waals surface area (Å²) in [6.07, 6.45) is -3.19. The zero-order chi connectivity index (χ0) is 107. The number of hydrogen-bond acceptors (Lipinski definition) is 27. The molecule has 0 radical (unpaired) electrons. The quantitative estimate of drug-likeness (QED) is 0.0245. The largest absolute Gasteiger partial charge is 0.504 e. The van der Waals surface area contributed by atoms with Crippen molar-refractivity contribution in [1.29, 1.82) is 0 Å². The van der Waals surface area contributed by atoms with Crippen LogP contribution in [0.25, 0.3) is 0 Å². The molecule has 0 aromatic heterocycles. The molecule has 8 heterocycles. The Balaban J connectivity index is 0.645. The van der Waals surface area contributed by atoms with E-state index in [9.17, 15) is 53.7 Å². The number of aliphatic hydroxyl groups is 1. The molecular formula is C109H138N22O19. The van der Waals surface area contributed by atoms with Crippen LogP contribution in [0.5, 0.6) is 34.5 Å². The van der Waals surface area contributed by atoms with Crippen LogP contribution >= 0.6 is 0 Å². The second kappa shape index (κ2) is 51.7. The van der Waals surface area contributed by atoms with E-state index >= 15 is 28.8 Å². The number of aromatic hydroxyl groups is 2. The van der Waals surface area contributed by atoms with Gasteiger partial charge >= 0.3 is 0 Å². The van der Waals surface area contributed by atoms with Crippen molar-refractivity contribution >= 4 is 94.1 Å². The third kappa shape index (κ3) is 28.9. The number of para-hydroxylation sites is 2. The second-order valence-electron chi connectivity index (χ2n) is 40.1. The lowest BCUT2D eigenvalue weighted by Crippen LogP contribution is -2.63. The van der Waals surface area contributed by atoms with Gasteiger partial charge in [-0.05, 0) is 170 Å². The van der Waals surface area contributed by atoms with E-state index in [-0.39, 0.29) is 146 Å². The van der Waals surface area contributed by atoms with Gasteiger partial charge in [-0.1, -0.05) is 174 Å². The van der Waals surface area contributed by atoms with Crippen LogP contribution in [0.4, 0.5) is 11.4 Å². The SMILES string of the molecule is CN[C@H](CC(C)C)C(=O)N[C@@H]1Cc2ccc(cc2)Oc2cc(ccc2O)C(N[C@@H](CN)C(=O)N[C@@H](Cc2ccccc2)C(=O)N2CC3Nc4ccccc4C3C[C@H]2C(=O)NCCCCCC(O)CNC(=O)[C@@H]2CC3c4ccccc4NC3CN2C(=O)[C@H](Cc2ccccc2)NC(=O)[C@H](CN)NC2NC(=O)[C@H](CC(N)=O)NC(=O)[C@H](NC(=O)[C@@H](CC(C)C)NC)Cc3ccc(cc3)Oc3cc2ccc3O)NC(=O)[C@H](CC(N)=O)NC1=O. The smallest absolute Gasteiger partial charge is 0.246 e. The molecule has 2 fully saturated rings. The van der Waals surface area contributed by atoms with Crippen molar-refractivity contribution in [2.45, 2.75) is 232 Å². The van der Waals surface area contributed by atoms with Crippen molar-refractivity contribution in [2.75, 3.05) is 64.0 Å². The van der Waals surface area contributed by atoms with Gasteiger partial charge in [0.15, 0.2) is 23.0 Å². The fourth-order valence-electron chi connectivity index (χ4n) is 20.3. The molecule has 0 spiro atoms. The van der Waals surface area contributed by atoms with Crippen molar-refractivity contribution in [2.24, 2.45) is 34.8 Å². The fourth-order valence-corrected chi connectivity index (χ4v) is 20.3. The highest BCUT2D eigenvalue weighted by Gasteiger charge is 2.50. The number of rotatable bonds is 40. The number of anilines is 2. The van der Waals surface area contributed by atoms with Gasteiger partial charge in [0.1, 0.15) is 84.2 Å². The van der Waals surface area contributed by atoms with Gasteiger partial charge in [-0.15, -0.1) is 0 Å². The molecule has 41 nitrogen and oxygen atoms in total. The molecule has 16 rings (SSSR count). The Morgan fingerprint density at radius 2 is 0.847 bits per heavy atom. The van der Waals surface area contributed by atoms with Crippen LogP contribution in [-0.2, 0) is 92.8 Å². The van der Waals surface area contributed by atoms with Crippen molar-refractivity contribution in [3.8, 4) is 34.5 Å². The molecule has 0 aliphatic carbocycles. The number of piperidine rings is 2. The summed E-state index contributed by atoms with van der Waals surface area (Å²) in [6, 6.07) is 38.2. The van der Waals surface area contributed by atoms with E-state index in [4.69, 9.17) is 32.4 Å². The summed E-state index contributed by atoms with van der Waals surface area (Å²) in [5.74, 6) is -11.2. The molecule has 14 amide bonds. The Kier molecular flexibility index (Phi) is 38.1. The highest BCUT2D eigenvalue weighted by atomic mass is 16.5. The minimum atomic E-state index is -1.68. The van der Waals surface area contributed by atoms with Crippen molar-refractivity contribution in [3.05, 3.63) is 239 Å². The molecular weight excluding hydrogens is 1920 g/mol. The molecule has 41 heteroatoms. The normalized spacial score (nSPS) is 21.8. The van der Waals surface area contributed by atoms with E-state index in [1.54, 1.807) is 123 Å². The maximum atomic E-state index is 15.9. The summed E-state index contributed by atoms with van der Waals surface area (Å²) >= 11 is 0. The standard InChI is InChI=1S/C109H138N22O19/c1-59(2)42-76(114-5)98(137)122-78-44-63-29-35-68(36-30-63)149-92-48-65(33-39-90(92)133)96(128-102(141)80(52-94(112)135)124-100(78)139)120-84(54-110)104(143)126-82(46-61-20-10-7-11-21-61)108(147)130-57-86-72(70-25-15-17-27-74(70)118-86)50-88(130)106(145)116-41-19-9-14-24-67(132)56-117-107(146)89-51-73-71-26-16-18-28-75(71)119-87(73)58-131(89)109(148)83(47-62-22-12-8-13-23-62)127-105(144)85(55-111)121-97-66-34-40-91(134)93(49-66)150-69-37-31-64(32-38-69)45-79(123-99(138)77(115-6)43-60(3)4)101(140)125-81(53-95(113)136)103(142)129-97/h7-8,10-13,15-18,20-23,25-40,48-49,59-60,67,72-73,76-89,96-97,114-115,118-121,132-134H,9,14,19,24,41-47,50-58,110-111H2,1-6H3,(H2,112,135)(H2,113,136)(H,116,145)(H,117,146)(H,122,137)(H,123,138)(H,124,139)(H,125,140)(H,126,143)(H,127,144)(H,128,141)(H,129,142)/t67?,72?,73?,76-,77-,78-,79-,80+,81+,82+,83+,84+,85+,86?,87?,88+,89+,96?,97?/m1/s1. The molecule has 8 bridgehead atoms. The Hall–Kier alpha value is -15.1. The van der Waals surface area contributed by atoms with E-state index in [2.05, 4.69) is 85.1 Å². The monoisotopic (exact) mass is 2060 g/mol. The van der Waals surface area contributed by atoms with Gasteiger partial charge in [-0.25, -0.2) is 0 Å². The highest BCUT2D eigenvalue weighted by Crippen LogP contribution is 2.46. The third-order valence-electron chi connectivity index (χ3n) is 28.2. The zero-order valence-corrected chi connectivity index (χ0v) is 84.8. The number of nitrogens with two attached hydrogens (primary N) is 4. The molecule has 7 unspecified atom stereocenters. The fraction of sp³-hybridized carbons (Fsp3) is 0.431. The molecule has 27 N–H and O–H groups in total. The number of ether oxygens (including phenoxy) is 2. The molecule has 8 aliphatic rings. The average Bonchev–Trinajstić information content (AvgIpc) is 1.60. The van der Waals surface area contributed by atoms with Gasteiger partial charge in [0.25, 0.3) is 0 Å². The Morgan fingerprint density at radius 1 is 0.447 bits per heavy atom. The number of benzene rings is 8. The lowest BCUT2D eigenvalue weighted by atomic mass is 9.83. The highest BCUT2D eigenvalue weighted by molar-refractivity contribution is 5.99. The number of unbranched alkanes of at least 4 members (excludes halogenated alkanes) is 2. The molecule has 8 aromatic rings. The van der Waals surface area contributed by atoms with Crippen molar-refractivity contribution in [3.63, 3.8) is 0 Å². The number of nitrogens with zero attached hydrogens (tertiary/aromatic N) is 2. The third-order valence-corrected chi connectivity index (χ3v) is 28.2. The van der Waals surface area contributed by atoms with E-state index in [0.717, 1.165) is 22.5 Å². The molecule has 150 heavy (non-hydrogen) atoms.